The van der Waals surface area contributed by atoms with Crippen LogP contribution in [0.1, 0.15) is 12.5 Å². The molecule has 0 unspecified atom stereocenters. The van der Waals surface area contributed by atoms with Gasteiger partial charge in [0, 0.05) is 18.7 Å². The number of aromatic nitrogens is 1. The van der Waals surface area contributed by atoms with Gasteiger partial charge in [0.05, 0.1) is 6.54 Å². The van der Waals surface area contributed by atoms with E-state index in [0.717, 1.165) is 0 Å². The SMILES string of the molecule is CC(=O)NCC#Cc1ccc(F)nc1. The maximum Gasteiger partial charge on any atom is 0.217 e. The first kappa shape index (κ1) is 10.2. The quantitative estimate of drug-likeness (QED) is 0.526. The van der Waals surface area contributed by atoms with E-state index in [0.29, 0.717) is 5.56 Å². The van der Waals surface area contributed by atoms with Crippen LogP contribution in [0, 0.1) is 17.8 Å². The number of nitrogens with one attached hydrogen (secondary N) is 1. The van der Waals surface area contributed by atoms with Crippen molar-refractivity contribution in [2.75, 3.05) is 6.54 Å². The van der Waals surface area contributed by atoms with Crippen LogP contribution in [0.4, 0.5) is 4.39 Å². The number of hydrogen-bond donors (Lipinski definition) is 1. The van der Waals surface area contributed by atoms with Crippen molar-refractivity contribution in [1.29, 1.82) is 0 Å². The van der Waals surface area contributed by atoms with Crippen LogP contribution in [0.2, 0.25) is 0 Å². The van der Waals surface area contributed by atoms with E-state index in [2.05, 4.69) is 22.1 Å². The fourth-order valence-corrected chi connectivity index (χ4v) is 0.765. The van der Waals surface area contributed by atoms with Crippen LogP contribution in [0.5, 0.6) is 0 Å². The smallest absolute Gasteiger partial charge is 0.217 e. The summed E-state index contributed by atoms with van der Waals surface area (Å²) in [6, 6.07) is 2.77. The van der Waals surface area contributed by atoms with E-state index in [1.807, 2.05) is 0 Å². The Balaban J connectivity index is 2.51. The highest BCUT2D eigenvalue weighted by atomic mass is 19.1. The monoisotopic (exact) mass is 192 g/mol. The molecule has 3 nitrogen and oxygen atoms in total. The number of nitrogens with zero attached hydrogens (tertiary/aromatic N) is 1. The summed E-state index contributed by atoms with van der Waals surface area (Å²) >= 11 is 0. The molecule has 0 aliphatic heterocycles. The van der Waals surface area contributed by atoms with Gasteiger partial charge in [-0.15, -0.1) is 0 Å². The Kier molecular flexibility index (Phi) is 3.62. The highest BCUT2D eigenvalue weighted by molar-refractivity contribution is 5.73. The minimum absolute atomic E-state index is 0.128. The van der Waals surface area contributed by atoms with E-state index in [1.165, 1.54) is 25.3 Å². The van der Waals surface area contributed by atoms with Crippen molar-refractivity contribution in [2.24, 2.45) is 0 Å². The summed E-state index contributed by atoms with van der Waals surface area (Å²) in [6.45, 7) is 1.70. The molecule has 0 radical (unpaired) electrons. The van der Waals surface area contributed by atoms with E-state index >= 15 is 0 Å². The van der Waals surface area contributed by atoms with Crippen LogP contribution in [0.25, 0.3) is 0 Å². The second-order valence-electron chi connectivity index (χ2n) is 2.58. The molecular formula is C10H9FN2O. The molecule has 4 heteroatoms. The van der Waals surface area contributed by atoms with E-state index in [4.69, 9.17) is 0 Å². The summed E-state index contributed by atoms with van der Waals surface area (Å²) in [7, 11) is 0. The van der Waals surface area contributed by atoms with Crippen LogP contribution in [0.3, 0.4) is 0 Å². The van der Waals surface area contributed by atoms with Gasteiger partial charge in [0.2, 0.25) is 11.9 Å². The number of carbonyl (C=O) groups excluding carboxylic acids is 1. The van der Waals surface area contributed by atoms with Crippen molar-refractivity contribution in [3.8, 4) is 11.8 Å². The van der Waals surface area contributed by atoms with Gasteiger partial charge in [0.15, 0.2) is 0 Å². The van der Waals surface area contributed by atoms with Gasteiger partial charge >= 0.3 is 0 Å². The number of halogens is 1. The van der Waals surface area contributed by atoms with Gasteiger partial charge in [-0.3, -0.25) is 4.79 Å². The van der Waals surface area contributed by atoms with E-state index in [1.54, 1.807) is 0 Å². The van der Waals surface area contributed by atoms with Gasteiger partial charge in [0.25, 0.3) is 0 Å². The predicted octanol–water partition coefficient (Wildman–Crippen LogP) is 0.708. The number of pyridine rings is 1. The maximum atomic E-state index is 12.4. The summed E-state index contributed by atoms with van der Waals surface area (Å²) in [6.07, 6.45) is 1.34. The second kappa shape index (κ2) is 4.97. The van der Waals surface area contributed by atoms with Crippen LogP contribution in [0.15, 0.2) is 18.3 Å². The maximum absolute atomic E-state index is 12.4. The molecular weight excluding hydrogens is 183 g/mol. The van der Waals surface area contributed by atoms with Gasteiger partial charge < -0.3 is 5.32 Å². The van der Waals surface area contributed by atoms with Crippen molar-refractivity contribution < 1.29 is 9.18 Å². The molecule has 1 rings (SSSR count). The minimum Gasteiger partial charge on any atom is -0.345 e. The van der Waals surface area contributed by atoms with Gasteiger partial charge in [0.1, 0.15) is 0 Å². The zero-order chi connectivity index (χ0) is 10.4. The highest BCUT2D eigenvalue weighted by Crippen LogP contribution is 1.95. The molecule has 0 aliphatic carbocycles. The Bertz CT molecular complexity index is 375. The Morgan fingerprint density at radius 1 is 1.64 bits per heavy atom. The topological polar surface area (TPSA) is 42.0 Å². The predicted molar refractivity (Wildman–Crippen MR) is 49.8 cm³/mol. The first-order chi connectivity index (χ1) is 6.68. The molecule has 1 amide bonds. The lowest BCUT2D eigenvalue weighted by Gasteiger charge is -1.91. The molecule has 0 saturated heterocycles. The lowest BCUT2D eigenvalue weighted by atomic mass is 10.3. The summed E-state index contributed by atoms with van der Waals surface area (Å²) < 4.78 is 12.4. The minimum atomic E-state index is -0.530. The average molecular weight is 192 g/mol. The number of rotatable bonds is 1. The third-order valence-electron chi connectivity index (χ3n) is 1.39. The summed E-state index contributed by atoms with van der Waals surface area (Å²) in [5.74, 6) is 4.78. The number of hydrogen-bond acceptors (Lipinski definition) is 2. The molecule has 0 bridgehead atoms. The van der Waals surface area contributed by atoms with Crippen LogP contribution in [-0.4, -0.2) is 17.4 Å². The molecule has 0 saturated carbocycles. The average Bonchev–Trinajstić information content (AvgIpc) is 2.15. The third-order valence-corrected chi connectivity index (χ3v) is 1.39. The Labute approximate surface area is 81.4 Å². The molecule has 72 valence electrons. The molecule has 1 heterocycles. The summed E-state index contributed by atoms with van der Waals surface area (Å²) in [4.78, 5) is 13.9. The molecule has 0 aromatic carbocycles. The zero-order valence-electron chi connectivity index (χ0n) is 7.67. The number of carbonyl (C=O) groups is 1. The van der Waals surface area contributed by atoms with E-state index in [9.17, 15) is 9.18 Å². The number of amides is 1. The van der Waals surface area contributed by atoms with Crippen molar-refractivity contribution >= 4 is 5.91 Å². The first-order valence-corrected chi connectivity index (χ1v) is 4.03. The van der Waals surface area contributed by atoms with E-state index < -0.39 is 5.95 Å². The van der Waals surface area contributed by atoms with Crippen LogP contribution < -0.4 is 5.32 Å². The zero-order valence-corrected chi connectivity index (χ0v) is 7.67. The van der Waals surface area contributed by atoms with Crippen molar-refractivity contribution in [1.82, 2.24) is 10.3 Å². The van der Waals surface area contributed by atoms with Crippen molar-refractivity contribution in [2.45, 2.75) is 6.92 Å². The Morgan fingerprint density at radius 3 is 3.00 bits per heavy atom. The van der Waals surface area contributed by atoms with Gasteiger partial charge in [-0.1, -0.05) is 11.8 Å². The molecule has 1 aromatic heterocycles. The lowest BCUT2D eigenvalue weighted by molar-refractivity contribution is -0.118. The van der Waals surface area contributed by atoms with Crippen molar-refractivity contribution in [3.63, 3.8) is 0 Å². The summed E-state index contributed by atoms with van der Waals surface area (Å²) in [5.41, 5.74) is 0.622. The van der Waals surface area contributed by atoms with Gasteiger partial charge in [-0.25, -0.2) is 4.98 Å². The molecule has 0 aliphatic rings. The van der Waals surface area contributed by atoms with Gasteiger partial charge in [-0.2, -0.15) is 4.39 Å². The second-order valence-corrected chi connectivity index (χ2v) is 2.58. The van der Waals surface area contributed by atoms with Gasteiger partial charge in [-0.05, 0) is 12.1 Å². The normalized spacial score (nSPS) is 8.71. The van der Waals surface area contributed by atoms with Crippen LogP contribution in [-0.2, 0) is 4.79 Å². The molecule has 0 fully saturated rings. The molecule has 1 N–H and O–H groups in total. The third kappa shape index (κ3) is 3.68. The first-order valence-electron chi connectivity index (χ1n) is 4.03. The highest BCUT2D eigenvalue weighted by Gasteiger charge is 1.89. The molecule has 0 spiro atoms. The molecule has 0 atom stereocenters. The standard InChI is InChI=1S/C10H9FN2O/c1-8(14)12-6-2-3-9-4-5-10(11)13-7-9/h4-5,7H,6H2,1H3,(H,12,14). The summed E-state index contributed by atoms with van der Waals surface area (Å²) in [5, 5.41) is 2.52. The fraction of sp³-hybridized carbons (Fsp3) is 0.200. The largest absolute Gasteiger partial charge is 0.345 e. The van der Waals surface area contributed by atoms with Crippen LogP contribution >= 0.6 is 0 Å². The Hall–Kier alpha value is -1.89. The fourth-order valence-electron chi connectivity index (χ4n) is 0.765. The van der Waals surface area contributed by atoms with E-state index in [-0.39, 0.29) is 12.5 Å². The molecule has 1 aromatic rings. The van der Waals surface area contributed by atoms with Crippen molar-refractivity contribution in [3.05, 3.63) is 29.8 Å². The molecule has 14 heavy (non-hydrogen) atoms. The lowest BCUT2D eigenvalue weighted by Crippen LogP contribution is -2.19. The Morgan fingerprint density at radius 2 is 2.43 bits per heavy atom.